The summed E-state index contributed by atoms with van der Waals surface area (Å²) >= 11 is 0. The second-order valence-corrected chi connectivity index (χ2v) is 14.2. The maximum absolute atomic E-state index is 3.98. The molecule has 3 aromatic rings. The molecular formula is C52H50. The number of allylic oxidation sites excluding steroid dienone is 23. The van der Waals surface area contributed by atoms with Crippen LogP contribution in [0.25, 0.3) is 22.3 Å². The molecule has 0 heterocycles. The first-order valence-corrected chi connectivity index (χ1v) is 19.2. The number of hydrogen-bond acceptors (Lipinski definition) is 0. The third-order valence-corrected chi connectivity index (χ3v) is 10.7. The summed E-state index contributed by atoms with van der Waals surface area (Å²) < 4.78 is 0. The zero-order chi connectivity index (χ0) is 35.4. The van der Waals surface area contributed by atoms with Gasteiger partial charge < -0.3 is 0 Å². The van der Waals surface area contributed by atoms with Crippen LogP contribution in [0.2, 0.25) is 0 Å². The monoisotopic (exact) mass is 674 g/mol. The molecule has 0 heteroatoms. The standard InChI is InChI=1S/C52H50/c1-2-3-6-15-43(46-22-12-21-45(29-30-46)41-16-7-4-8-17-41)27-25-40-14-11-20-44(28-26-40)47-23-13-24-48(32-31-47)51-37-38-52(39-51)50-35-33-49(34-36-50)42-18-9-5-10-19-42/h2,4-5,7-10,14,16-24,26,28-38,43H,1,3,6,11-13,15,25,27,39H2. The van der Waals surface area contributed by atoms with Gasteiger partial charge in [0.1, 0.15) is 0 Å². The zero-order valence-electron chi connectivity index (χ0n) is 30.4. The largest absolute Gasteiger partial charge is 0.103 e. The molecule has 0 radical (unpaired) electrons. The molecule has 258 valence electrons. The van der Waals surface area contributed by atoms with Crippen LogP contribution >= 0.6 is 0 Å². The van der Waals surface area contributed by atoms with E-state index in [9.17, 15) is 0 Å². The maximum atomic E-state index is 3.98. The first-order valence-electron chi connectivity index (χ1n) is 19.2. The van der Waals surface area contributed by atoms with Gasteiger partial charge in [0.15, 0.2) is 0 Å². The predicted molar refractivity (Wildman–Crippen MR) is 225 cm³/mol. The van der Waals surface area contributed by atoms with Gasteiger partial charge in [0.2, 0.25) is 0 Å². The Bertz CT molecular complexity index is 2070. The molecule has 4 aliphatic carbocycles. The van der Waals surface area contributed by atoms with Crippen molar-refractivity contribution in [2.24, 2.45) is 5.92 Å². The minimum atomic E-state index is 0.551. The number of rotatable bonds is 13. The van der Waals surface area contributed by atoms with Crippen molar-refractivity contribution in [2.45, 2.75) is 57.8 Å². The van der Waals surface area contributed by atoms with Crippen LogP contribution in [-0.4, -0.2) is 0 Å². The van der Waals surface area contributed by atoms with Crippen molar-refractivity contribution in [1.29, 1.82) is 0 Å². The van der Waals surface area contributed by atoms with Gasteiger partial charge in [0, 0.05) is 0 Å². The summed E-state index contributed by atoms with van der Waals surface area (Å²) in [6.45, 7) is 3.98. The van der Waals surface area contributed by atoms with Crippen molar-refractivity contribution in [1.82, 2.24) is 0 Å². The smallest absolute Gasteiger partial charge is 0.00140 e. The number of benzene rings is 3. The summed E-state index contributed by atoms with van der Waals surface area (Å²) in [4.78, 5) is 0. The van der Waals surface area contributed by atoms with Gasteiger partial charge in [-0.15, -0.1) is 6.58 Å². The molecule has 4 aliphatic rings. The Morgan fingerprint density at radius 1 is 0.500 bits per heavy atom. The third-order valence-electron chi connectivity index (χ3n) is 10.7. The number of hydrogen-bond donors (Lipinski definition) is 0. The van der Waals surface area contributed by atoms with Gasteiger partial charge in [-0.2, -0.15) is 0 Å². The van der Waals surface area contributed by atoms with E-state index in [1.54, 1.807) is 0 Å². The van der Waals surface area contributed by atoms with Crippen molar-refractivity contribution < 1.29 is 0 Å². The van der Waals surface area contributed by atoms with Gasteiger partial charge >= 0.3 is 0 Å². The van der Waals surface area contributed by atoms with Crippen molar-refractivity contribution in [3.05, 3.63) is 227 Å². The summed E-state index contributed by atoms with van der Waals surface area (Å²) in [5, 5.41) is 0. The lowest BCUT2D eigenvalue weighted by atomic mass is 9.86. The van der Waals surface area contributed by atoms with Crippen LogP contribution in [0.4, 0.5) is 0 Å². The summed E-state index contributed by atoms with van der Waals surface area (Å²) in [6, 6.07) is 30.4. The van der Waals surface area contributed by atoms with Crippen molar-refractivity contribution >= 4 is 11.1 Å². The molecule has 0 spiro atoms. The van der Waals surface area contributed by atoms with Crippen LogP contribution in [-0.2, 0) is 0 Å². The van der Waals surface area contributed by atoms with Crippen LogP contribution in [0.15, 0.2) is 216 Å². The van der Waals surface area contributed by atoms with Gasteiger partial charge in [-0.1, -0.05) is 182 Å². The minimum Gasteiger partial charge on any atom is -0.103 e. The van der Waals surface area contributed by atoms with E-state index in [4.69, 9.17) is 0 Å². The van der Waals surface area contributed by atoms with Crippen LogP contribution in [0.5, 0.6) is 0 Å². The van der Waals surface area contributed by atoms with E-state index >= 15 is 0 Å². The lowest BCUT2D eigenvalue weighted by molar-refractivity contribution is 0.508. The first kappa shape index (κ1) is 35.0. The quantitative estimate of drug-likeness (QED) is 0.125. The second-order valence-electron chi connectivity index (χ2n) is 14.2. The normalized spacial score (nSPS) is 17.6. The van der Waals surface area contributed by atoms with Crippen LogP contribution in [0, 0.1) is 5.92 Å². The zero-order valence-corrected chi connectivity index (χ0v) is 30.4. The Balaban J connectivity index is 0.934. The average molecular weight is 675 g/mol. The lowest BCUT2D eigenvalue weighted by Gasteiger charge is -2.19. The van der Waals surface area contributed by atoms with Crippen molar-refractivity contribution in [2.75, 3.05) is 0 Å². The molecule has 0 amide bonds. The van der Waals surface area contributed by atoms with E-state index in [1.165, 1.54) is 79.7 Å². The van der Waals surface area contributed by atoms with Gasteiger partial charge in [-0.3, -0.25) is 0 Å². The van der Waals surface area contributed by atoms with Gasteiger partial charge in [0.25, 0.3) is 0 Å². The van der Waals surface area contributed by atoms with E-state index in [2.05, 4.69) is 183 Å². The van der Waals surface area contributed by atoms with Crippen LogP contribution in [0.1, 0.15) is 68.9 Å². The summed E-state index contributed by atoms with van der Waals surface area (Å²) in [5.74, 6) is 0.551. The predicted octanol–water partition coefficient (Wildman–Crippen LogP) is 14.4. The highest BCUT2D eigenvalue weighted by Gasteiger charge is 2.16. The SMILES string of the molecule is C=CCCCC(CCC1=CCC=C(C2=CCC=C(C3=CC=C(c4ccc(-c5ccccc5)cc4)C3)C=C2)C=C1)C1=CCC=C(c2ccccc2)C=C1. The minimum absolute atomic E-state index is 0.551. The van der Waals surface area contributed by atoms with Crippen molar-refractivity contribution in [3.63, 3.8) is 0 Å². The molecule has 0 saturated carbocycles. The summed E-state index contributed by atoms with van der Waals surface area (Å²) in [6.07, 6.45) is 44.8. The molecule has 1 unspecified atom stereocenters. The molecule has 0 bridgehead atoms. The molecule has 0 saturated heterocycles. The highest BCUT2D eigenvalue weighted by molar-refractivity contribution is 5.77. The van der Waals surface area contributed by atoms with Gasteiger partial charge in [-0.25, -0.2) is 0 Å². The molecule has 52 heavy (non-hydrogen) atoms. The fourth-order valence-corrected chi connectivity index (χ4v) is 7.70. The van der Waals surface area contributed by atoms with E-state index in [0.717, 1.165) is 44.9 Å². The second kappa shape index (κ2) is 17.7. The molecular weight excluding hydrogens is 625 g/mol. The van der Waals surface area contributed by atoms with Gasteiger partial charge in [-0.05, 0) is 125 Å². The van der Waals surface area contributed by atoms with E-state index in [0.29, 0.717) is 5.92 Å². The maximum Gasteiger partial charge on any atom is -0.00140 e. The molecule has 7 rings (SSSR count). The molecule has 0 aromatic heterocycles. The fourth-order valence-electron chi connectivity index (χ4n) is 7.70. The Kier molecular flexibility index (Phi) is 11.9. The average Bonchev–Trinajstić information content (AvgIpc) is 3.36. The molecule has 0 fully saturated rings. The number of unbranched alkanes of at least 4 members (excludes halogenated alkanes) is 1. The summed E-state index contributed by atoms with van der Waals surface area (Å²) in [7, 11) is 0. The van der Waals surface area contributed by atoms with Gasteiger partial charge in [0.05, 0.1) is 0 Å². The summed E-state index contributed by atoms with van der Waals surface area (Å²) in [5.41, 5.74) is 16.1. The Labute approximate surface area is 312 Å². The van der Waals surface area contributed by atoms with E-state index < -0.39 is 0 Å². The highest BCUT2D eigenvalue weighted by atomic mass is 14.2. The Hall–Kier alpha value is -5.46. The first-order chi connectivity index (χ1) is 25.7. The fraction of sp³-hybridized carbons (Fsp3) is 0.192. The van der Waals surface area contributed by atoms with Crippen LogP contribution < -0.4 is 0 Å². The lowest BCUT2D eigenvalue weighted by Crippen LogP contribution is -2.04. The Morgan fingerprint density at radius 2 is 1.08 bits per heavy atom. The topological polar surface area (TPSA) is 0 Å². The molecule has 0 aliphatic heterocycles. The Morgan fingerprint density at radius 3 is 1.85 bits per heavy atom. The van der Waals surface area contributed by atoms with Crippen molar-refractivity contribution in [3.8, 4) is 11.1 Å². The molecule has 0 nitrogen and oxygen atoms in total. The molecule has 3 aromatic carbocycles. The van der Waals surface area contributed by atoms with E-state index in [1.807, 2.05) is 0 Å². The van der Waals surface area contributed by atoms with E-state index in [-0.39, 0.29) is 0 Å². The highest BCUT2D eigenvalue weighted by Crippen LogP contribution is 2.36. The third kappa shape index (κ3) is 9.06. The molecule has 1 atom stereocenters. The van der Waals surface area contributed by atoms with Crippen LogP contribution in [0.3, 0.4) is 0 Å². The molecule has 0 N–H and O–H groups in total.